The maximum Gasteiger partial charge on any atom is 0.269 e. The number of hydrogen-bond acceptors (Lipinski definition) is 7. The Labute approximate surface area is 189 Å². The number of nitro groups is 1. The third-order valence-electron chi connectivity index (χ3n) is 4.65. The van der Waals surface area contributed by atoms with Crippen LogP contribution in [-0.2, 0) is 17.9 Å². The number of allylic oxidation sites excluding steroid dienone is 1. The topological polar surface area (TPSA) is 112 Å². The molecule has 2 aromatic carbocycles. The maximum atomic E-state index is 12.3. The lowest BCUT2D eigenvalue weighted by Gasteiger charge is -2.10. The van der Waals surface area contributed by atoms with E-state index in [1.807, 2.05) is 36.6 Å². The average Bonchev–Trinajstić information content (AvgIpc) is 3.15. The number of ether oxygens (including phenoxy) is 1. The molecule has 0 radical (unpaired) electrons. The first kappa shape index (κ1) is 23.0. The zero-order valence-corrected chi connectivity index (χ0v) is 18.6. The fourth-order valence-corrected chi connectivity index (χ4v) is 3.56. The van der Waals surface area contributed by atoms with Crippen LogP contribution < -0.4 is 10.1 Å². The van der Waals surface area contributed by atoms with E-state index in [4.69, 9.17) is 4.74 Å². The number of aromatic nitrogens is 3. The Morgan fingerprint density at radius 2 is 1.97 bits per heavy atom. The second-order valence-electron chi connectivity index (χ2n) is 6.97. The van der Waals surface area contributed by atoms with Gasteiger partial charge in [0.05, 0.1) is 10.7 Å². The van der Waals surface area contributed by atoms with Crippen molar-refractivity contribution in [2.45, 2.75) is 32.2 Å². The molecule has 0 spiro atoms. The number of carbonyl (C=O) groups is 1. The minimum absolute atomic E-state index is 0.0366. The van der Waals surface area contributed by atoms with Gasteiger partial charge in [0, 0.05) is 24.4 Å². The molecule has 1 amide bonds. The fourth-order valence-electron chi connectivity index (χ4n) is 2.79. The van der Waals surface area contributed by atoms with Gasteiger partial charge in [-0.1, -0.05) is 23.9 Å². The first-order valence-corrected chi connectivity index (χ1v) is 10.8. The number of nitrogens with one attached hydrogen (secondary N) is 1. The molecule has 1 heterocycles. The van der Waals surface area contributed by atoms with Gasteiger partial charge in [0.2, 0.25) is 5.91 Å². The molecule has 1 N–H and O–H groups in total. The smallest absolute Gasteiger partial charge is 0.269 e. The molecule has 0 aliphatic heterocycles. The van der Waals surface area contributed by atoms with Crippen LogP contribution in [0.1, 0.15) is 17.0 Å². The summed E-state index contributed by atoms with van der Waals surface area (Å²) in [5.74, 6) is 1.22. The molecule has 0 saturated carbocycles. The molecular formula is C22H23N5O4S. The molecule has 0 aliphatic rings. The van der Waals surface area contributed by atoms with Crippen molar-refractivity contribution in [2.24, 2.45) is 0 Å². The van der Waals surface area contributed by atoms with Crippen molar-refractivity contribution in [1.82, 2.24) is 14.8 Å². The van der Waals surface area contributed by atoms with Gasteiger partial charge in [0.25, 0.3) is 5.69 Å². The Kier molecular flexibility index (Phi) is 7.61. The van der Waals surface area contributed by atoms with Gasteiger partial charge in [0.15, 0.2) is 11.0 Å². The van der Waals surface area contributed by atoms with E-state index in [1.54, 1.807) is 6.08 Å². The largest absolute Gasteiger partial charge is 0.486 e. The highest BCUT2D eigenvalue weighted by Crippen LogP contribution is 2.21. The molecule has 0 unspecified atom stereocenters. The van der Waals surface area contributed by atoms with Crippen molar-refractivity contribution < 1.29 is 14.5 Å². The lowest BCUT2D eigenvalue weighted by Crippen LogP contribution is -2.15. The number of amides is 1. The molecule has 0 bridgehead atoms. The molecule has 166 valence electrons. The number of anilines is 1. The predicted octanol–water partition coefficient (Wildman–Crippen LogP) is 4.30. The van der Waals surface area contributed by atoms with Crippen LogP contribution in [0.25, 0.3) is 0 Å². The minimum Gasteiger partial charge on any atom is -0.486 e. The van der Waals surface area contributed by atoms with E-state index in [-0.39, 0.29) is 24.0 Å². The third-order valence-corrected chi connectivity index (χ3v) is 5.61. The van der Waals surface area contributed by atoms with Gasteiger partial charge in [-0.15, -0.1) is 16.8 Å². The Morgan fingerprint density at radius 1 is 1.22 bits per heavy atom. The molecule has 0 aliphatic carbocycles. The van der Waals surface area contributed by atoms with Crippen LogP contribution in [0, 0.1) is 24.0 Å². The van der Waals surface area contributed by atoms with Crippen molar-refractivity contribution >= 4 is 29.0 Å². The summed E-state index contributed by atoms with van der Waals surface area (Å²) in [4.78, 5) is 22.5. The van der Waals surface area contributed by atoms with Gasteiger partial charge in [-0.3, -0.25) is 19.5 Å². The van der Waals surface area contributed by atoms with E-state index in [0.29, 0.717) is 23.2 Å². The van der Waals surface area contributed by atoms with E-state index < -0.39 is 4.92 Å². The van der Waals surface area contributed by atoms with Crippen LogP contribution in [0.2, 0.25) is 0 Å². The number of benzene rings is 2. The normalized spacial score (nSPS) is 10.6. The number of nitrogens with zero attached hydrogens (tertiary/aromatic N) is 4. The summed E-state index contributed by atoms with van der Waals surface area (Å²) in [6.45, 7) is 8.56. The van der Waals surface area contributed by atoms with Gasteiger partial charge in [-0.2, -0.15) is 0 Å². The third kappa shape index (κ3) is 5.94. The predicted molar refractivity (Wildman–Crippen MR) is 123 cm³/mol. The zero-order chi connectivity index (χ0) is 23.1. The Hall–Kier alpha value is -3.66. The van der Waals surface area contributed by atoms with E-state index in [0.717, 1.165) is 11.3 Å². The number of hydrogen-bond donors (Lipinski definition) is 1. The average molecular weight is 454 g/mol. The molecule has 0 fully saturated rings. The summed E-state index contributed by atoms with van der Waals surface area (Å²) >= 11 is 1.24. The SMILES string of the molecule is C=CCn1c(COc2ccc(C)c(C)c2)nnc1SCC(=O)Nc1ccc([N+](=O)[O-])cc1. The first-order valence-electron chi connectivity index (χ1n) is 9.77. The Bertz CT molecular complexity index is 1130. The number of aryl methyl sites for hydroxylation is 2. The molecule has 3 rings (SSSR count). The van der Waals surface area contributed by atoms with Crippen LogP contribution in [0.5, 0.6) is 5.75 Å². The summed E-state index contributed by atoms with van der Waals surface area (Å²) in [6, 6.07) is 11.5. The van der Waals surface area contributed by atoms with E-state index in [1.165, 1.54) is 41.6 Å². The standard InChI is InChI=1S/C22H23N5O4S/c1-4-11-26-20(13-31-19-10-5-15(2)16(3)12-19)24-25-22(26)32-14-21(28)23-17-6-8-18(9-7-17)27(29)30/h4-10,12H,1,11,13-14H2,2-3H3,(H,23,28). The highest BCUT2D eigenvalue weighted by molar-refractivity contribution is 7.99. The van der Waals surface area contributed by atoms with Gasteiger partial charge >= 0.3 is 0 Å². The Balaban J connectivity index is 1.60. The second kappa shape index (κ2) is 10.6. The lowest BCUT2D eigenvalue weighted by atomic mass is 10.1. The van der Waals surface area contributed by atoms with E-state index in [2.05, 4.69) is 22.1 Å². The summed E-state index contributed by atoms with van der Waals surface area (Å²) < 4.78 is 7.71. The molecular weight excluding hydrogens is 430 g/mol. The first-order chi connectivity index (χ1) is 15.4. The molecule has 0 atom stereocenters. The zero-order valence-electron chi connectivity index (χ0n) is 17.8. The minimum atomic E-state index is -0.491. The van der Waals surface area contributed by atoms with Crippen molar-refractivity contribution in [3.63, 3.8) is 0 Å². The van der Waals surface area contributed by atoms with Gasteiger partial charge < -0.3 is 10.1 Å². The van der Waals surface area contributed by atoms with Crippen molar-refractivity contribution in [3.8, 4) is 5.75 Å². The molecule has 10 heteroatoms. The summed E-state index contributed by atoms with van der Waals surface area (Å²) in [7, 11) is 0. The Morgan fingerprint density at radius 3 is 2.62 bits per heavy atom. The number of rotatable bonds is 10. The molecule has 0 saturated heterocycles. The number of thioether (sulfide) groups is 1. The van der Waals surface area contributed by atoms with Crippen LogP contribution >= 0.6 is 11.8 Å². The number of non-ortho nitro benzene ring substituents is 1. The van der Waals surface area contributed by atoms with Crippen LogP contribution in [0.15, 0.2) is 60.3 Å². The monoisotopic (exact) mass is 453 g/mol. The molecule has 32 heavy (non-hydrogen) atoms. The van der Waals surface area contributed by atoms with Crippen LogP contribution in [0.3, 0.4) is 0 Å². The number of nitro benzene ring substituents is 1. The highest BCUT2D eigenvalue weighted by atomic mass is 32.2. The van der Waals surface area contributed by atoms with Crippen molar-refractivity contribution in [2.75, 3.05) is 11.1 Å². The van der Waals surface area contributed by atoms with Crippen LogP contribution in [-0.4, -0.2) is 31.3 Å². The van der Waals surface area contributed by atoms with Gasteiger partial charge in [-0.05, 0) is 49.2 Å². The van der Waals surface area contributed by atoms with Gasteiger partial charge in [0.1, 0.15) is 12.4 Å². The quantitative estimate of drug-likeness (QED) is 0.211. The van der Waals surface area contributed by atoms with E-state index >= 15 is 0 Å². The van der Waals surface area contributed by atoms with Crippen molar-refractivity contribution in [1.29, 1.82) is 0 Å². The lowest BCUT2D eigenvalue weighted by molar-refractivity contribution is -0.384. The van der Waals surface area contributed by atoms with E-state index in [9.17, 15) is 14.9 Å². The molecule has 3 aromatic rings. The fraction of sp³-hybridized carbons (Fsp3) is 0.227. The second-order valence-corrected chi connectivity index (χ2v) is 7.92. The maximum absolute atomic E-state index is 12.3. The highest BCUT2D eigenvalue weighted by Gasteiger charge is 2.15. The summed E-state index contributed by atoms with van der Waals surface area (Å²) in [6.07, 6.45) is 1.73. The molecule has 1 aromatic heterocycles. The molecule has 9 nitrogen and oxygen atoms in total. The van der Waals surface area contributed by atoms with Crippen molar-refractivity contribution in [3.05, 3.63) is 82.2 Å². The number of carbonyl (C=O) groups excluding carboxylic acids is 1. The van der Waals surface area contributed by atoms with Crippen LogP contribution in [0.4, 0.5) is 11.4 Å². The summed E-state index contributed by atoms with van der Waals surface area (Å²) in [5, 5.41) is 22.4. The van der Waals surface area contributed by atoms with Gasteiger partial charge in [-0.25, -0.2) is 0 Å². The summed E-state index contributed by atoms with van der Waals surface area (Å²) in [5.41, 5.74) is 2.78.